The van der Waals surface area contributed by atoms with E-state index in [4.69, 9.17) is 0 Å². The van der Waals surface area contributed by atoms with Crippen molar-refractivity contribution in [3.8, 4) is 0 Å². The van der Waals surface area contributed by atoms with Crippen molar-refractivity contribution in [3.63, 3.8) is 0 Å². The van der Waals surface area contributed by atoms with Crippen molar-refractivity contribution in [1.29, 1.82) is 0 Å². The summed E-state index contributed by atoms with van der Waals surface area (Å²) >= 11 is 0. The molecule has 0 radical (unpaired) electrons. The second-order valence-corrected chi connectivity index (χ2v) is 19.9. The van der Waals surface area contributed by atoms with E-state index in [-0.39, 0.29) is 7.92 Å². The second-order valence-electron chi connectivity index (χ2n) is 16.9. The molecular formula is C50H61N2P. The van der Waals surface area contributed by atoms with Gasteiger partial charge in [-0.05, 0) is 143 Å². The van der Waals surface area contributed by atoms with Gasteiger partial charge in [0.15, 0.2) is 0 Å². The van der Waals surface area contributed by atoms with Gasteiger partial charge in [-0.15, -0.1) is 0 Å². The Hall–Kier alpha value is -3.61. The normalized spacial score (nSPS) is 20.9. The van der Waals surface area contributed by atoms with Crippen molar-refractivity contribution in [2.24, 2.45) is 0 Å². The van der Waals surface area contributed by atoms with Gasteiger partial charge in [0.1, 0.15) is 5.82 Å². The summed E-state index contributed by atoms with van der Waals surface area (Å²) in [5.41, 5.74) is 20.4. The van der Waals surface area contributed by atoms with Crippen LogP contribution >= 0.6 is 7.92 Å². The molecule has 2 nitrogen and oxygen atoms in total. The number of hydrogen-bond acceptors (Lipinski definition) is 2. The molecule has 3 aliphatic carbocycles. The summed E-state index contributed by atoms with van der Waals surface area (Å²) in [4.78, 5) is 5.50. The first-order valence-corrected chi connectivity index (χ1v) is 22.5. The highest BCUT2D eigenvalue weighted by atomic mass is 31.1. The SMILES string of the molecule is Cc1cc(C)c(N2C(=C3C(=Cc4ccccc4)CCCC3P(C3CCCCC3)C3CCCCC3)N(c3c(C)cc(C)cc3C)c3ccccc32)c(C)c1. The Labute approximate surface area is 322 Å². The highest BCUT2D eigenvalue weighted by Gasteiger charge is 2.46. The van der Waals surface area contributed by atoms with Gasteiger partial charge in [0.25, 0.3) is 0 Å². The average Bonchev–Trinajstić information content (AvgIpc) is 3.46. The van der Waals surface area contributed by atoms with Crippen molar-refractivity contribution >= 4 is 36.7 Å². The van der Waals surface area contributed by atoms with E-state index in [2.05, 4.69) is 136 Å². The van der Waals surface area contributed by atoms with Crippen LogP contribution in [0.25, 0.3) is 6.08 Å². The van der Waals surface area contributed by atoms with Crippen LogP contribution in [0.3, 0.4) is 0 Å². The average molecular weight is 721 g/mol. The van der Waals surface area contributed by atoms with Gasteiger partial charge >= 0.3 is 0 Å². The zero-order valence-corrected chi connectivity index (χ0v) is 34.2. The number of anilines is 4. The lowest BCUT2D eigenvalue weighted by molar-refractivity contribution is 0.479. The van der Waals surface area contributed by atoms with Crippen LogP contribution in [-0.4, -0.2) is 17.0 Å². The molecule has 1 unspecified atom stereocenters. The minimum absolute atomic E-state index is 0.217. The largest absolute Gasteiger partial charge is 0.293 e. The maximum absolute atomic E-state index is 2.75. The summed E-state index contributed by atoms with van der Waals surface area (Å²) in [6.45, 7) is 13.9. The molecule has 4 aromatic rings. The van der Waals surface area contributed by atoms with Crippen molar-refractivity contribution in [3.05, 3.63) is 135 Å². The zero-order chi connectivity index (χ0) is 36.6. The van der Waals surface area contributed by atoms with Crippen molar-refractivity contribution < 1.29 is 0 Å². The van der Waals surface area contributed by atoms with Crippen molar-refractivity contribution in [2.45, 2.75) is 142 Å². The van der Waals surface area contributed by atoms with Crippen LogP contribution in [0.4, 0.5) is 22.7 Å². The lowest BCUT2D eigenvalue weighted by atomic mass is 9.86. The molecule has 1 heterocycles. The van der Waals surface area contributed by atoms with Crippen LogP contribution in [0.15, 0.2) is 95.8 Å². The summed E-state index contributed by atoms with van der Waals surface area (Å²) in [6, 6.07) is 30.2. The second kappa shape index (κ2) is 15.6. The van der Waals surface area contributed by atoms with Crippen molar-refractivity contribution in [1.82, 2.24) is 0 Å². The molecule has 0 saturated heterocycles. The van der Waals surface area contributed by atoms with Crippen LogP contribution in [0.1, 0.15) is 122 Å². The lowest BCUT2D eigenvalue weighted by Crippen LogP contribution is -2.35. The van der Waals surface area contributed by atoms with Gasteiger partial charge in [-0.1, -0.05) is 130 Å². The Morgan fingerprint density at radius 3 is 1.45 bits per heavy atom. The van der Waals surface area contributed by atoms with Crippen LogP contribution in [0, 0.1) is 41.5 Å². The fourth-order valence-corrected chi connectivity index (χ4v) is 15.5. The molecule has 4 aromatic carbocycles. The van der Waals surface area contributed by atoms with Gasteiger partial charge in [0.2, 0.25) is 0 Å². The molecule has 0 amide bonds. The standard InChI is InChI=1S/C50H61N2P/c1-34-29-36(3)48(37(4)30-34)51-44-26-16-17-27-45(44)52(49-38(5)31-35(2)32-39(49)6)50(51)47-41(33-40-19-10-7-11-20-40)21-18-28-46(47)53(42-22-12-8-13-23-42)43-24-14-9-15-25-43/h7,10-11,16-17,19-20,26-27,29-33,42-43,46H,8-9,12-15,18,21-25,28H2,1-6H3. The smallest absolute Gasteiger partial charge is 0.127 e. The molecule has 3 heteroatoms. The molecule has 3 saturated carbocycles. The molecule has 1 aliphatic heterocycles. The van der Waals surface area contributed by atoms with Gasteiger partial charge < -0.3 is 0 Å². The number of allylic oxidation sites excluding steroid dienone is 2. The first-order chi connectivity index (χ1) is 25.8. The van der Waals surface area contributed by atoms with Crippen LogP contribution < -0.4 is 9.80 Å². The monoisotopic (exact) mass is 720 g/mol. The Morgan fingerprint density at radius 2 is 0.981 bits per heavy atom. The van der Waals surface area contributed by atoms with E-state index in [9.17, 15) is 0 Å². The van der Waals surface area contributed by atoms with E-state index in [1.165, 1.54) is 145 Å². The summed E-state index contributed by atoms with van der Waals surface area (Å²) in [6.07, 6.45) is 20.7. The maximum Gasteiger partial charge on any atom is 0.127 e. The van der Waals surface area contributed by atoms with E-state index in [0.717, 1.165) is 17.7 Å². The Balaban J connectivity index is 1.49. The molecule has 0 aromatic heterocycles. The van der Waals surface area contributed by atoms with E-state index >= 15 is 0 Å². The Morgan fingerprint density at radius 1 is 0.528 bits per heavy atom. The molecular weight excluding hydrogens is 660 g/mol. The topological polar surface area (TPSA) is 6.48 Å². The van der Waals surface area contributed by atoms with Crippen molar-refractivity contribution in [2.75, 3.05) is 9.80 Å². The fraction of sp³-hybridized carbons (Fsp3) is 0.440. The Bertz CT molecular complexity index is 1860. The third-order valence-corrected chi connectivity index (χ3v) is 16.8. The summed E-state index contributed by atoms with van der Waals surface area (Å²) < 4.78 is 0. The predicted octanol–water partition coefficient (Wildman–Crippen LogP) is 14.8. The molecule has 3 fully saturated rings. The lowest BCUT2D eigenvalue weighted by Gasteiger charge is -2.47. The van der Waals surface area contributed by atoms with E-state index in [1.54, 1.807) is 11.1 Å². The van der Waals surface area contributed by atoms with E-state index < -0.39 is 0 Å². The maximum atomic E-state index is 2.75. The molecule has 8 rings (SSSR count). The van der Waals surface area contributed by atoms with Crippen LogP contribution in [-0.2, 0) is 0 Å². The number of benzene rings is 4. The minimum Gasteiger partial charge on any atom is -0.293 e. The van der Waals surface area contributed by atoms with Crippen LogP contribution in [0.2, 0.25) is 0 Å². The first kappa shape index (κ1) is 36.4. The van der Waals surface area contributed by atoms with Gasteiger partial charge in [0.05, 0.1) is 22.7 Å². The van der Waals surface area contributed by atoms with E-state index in [0.29, 0.717) is 5.66 Å². The van der Waals surface area contributed by atoms with Gasteiger partial charge in [-0.25, -0.2) is 0 Å². The van der Waals surface area contributed by atoms with Crippen LogP contribution in [0.5, 0.6) is 0 Å². The fourth-order valence-electron chi connectivity index (χ4n) is 10.9. The summed E-state index contributed by atoms with van der Waals surface area (Å²) in [5.74, 6) is 1.42. The zero-order valence-electron chi connectivity index (χ0n) is 33.3. The molecule has 276 valence electrons. The van der Waals surface area contributed by atoms with Gasteiger partial charge in [0, 0.05) is 11.2 Å². The minimum atomic E-state index is -0.217. The van der Waals surface area contributed by atoms with E-state index in [1.807, 2.05) is 0 Å². The molecule has 4 aliphatic rings. The van der Waals surface area contributed by atoms with Gasteiger partial charge in [-0.2, -0.15) is 0 Å². The predicted molar refractivity (Wildman–Crippen MR) is 232 cm³/mol. The first-order valence-electron chi connectivity index (χ1n) is 20.9. The Kier molecular flexibility index (Phi) is 10.7. The highest BCUT2D eigenvalue weighted by molar-refractivity contribution is 7.60. The number of para-hydroxylation sites is 2. The molecule has 0 bridgehead atoms. The quantitative estimate of drug-likeness (QED) is 0.183. The highest BCUT2D eigenvalue weighted by Crippen LogP contribution is 2.65. The molecule has 0 N–H and O–H groups in total. The number of rotatable bonds is 6. The molecule has 0 spiro atoms. The number of fused-ring (bicyclic) bond motifs is 1. The third-order valence-electron chi connectivity index (χ3n) is 12.8. The molecule has 53 heavy (non-hydrogen) atoms. The number of hydrogen-bond donors (Lipinski definition) is 0. The number of aryl methyl sites for hydroxylation is 6. The van der Waals surface area contributed by atoms with Gasteiger partial charge in [-0.3, -0.25) is 9.80 Å². The number of nitrogens with zero attached hydrogens (tertiary/aromatic N) is 2. The third kappa shape index (κ3) is 7.07. The summed E-state index contributed by atoms with van der Waals surface area (Å²) in [5, 5.41) is 0. The molecule has 1 atom stereocenters. The summed E-state index contributed by atoms with van der Waals surface area (Å²) in [7, 11) is -0.217.